The topological polar surface area (TPSA) is 61.0 Å². The Hall–Kier alpha value is -1.18. The fourth-order valence-corrected chi connectivity index (χ4v) is 2.08. The molecule has 0 saturated carbocycles. The molecule has 1 aromatic heterocycles. The quantitative estimate of drug-likeness (QED) is 0.460. The summed E-state index contributed by atoms with van der Waals surface area (Å²) in [6.07, 6.45) is 0. The molecule has 0 N–H and O–H groups in total. The van der Waals surface area contributed by atoms with Crippen molar-refractivity contribution in [2.45, 2.75) is 0 Å². The van der Waals surface area contributed by atoms with E-state index in [2.05, 4.69) is 27.7 Å². The maximum Gasteiger partial charge on any atom is 0.270 e. The van der Waals surface area contributed by atoms with Crippen LogP contribution in [-0.2, 0) is 7.05 Å². The zero-order chi connectivity index (χ0) is 10.3. The van der Waals surface area contributed by atoms with Crippen molar-refractivity contribution < 1.29 is 4.92 Å². The van der Waals surface area contributed by atoms with Crippen LogP contribution in [0.25, 0.3) is 10.9 Å². The Morgan fingerprint density at radius 2 is 2.29 bits per heavy atom. The number of benzene rings is 1. The molecule has 0 fully saturated rings. The highest BCUT2D eigenvalue weighted by Crippen LogP contribution is 2.24. The minimum atomic E-state index is -0.400. The average molecular weight is 303 g/mol. The Kier molecular flexibility index (Phi) is 2.14. The van der Waals surface area contributed by atoms with E-state index in [1.54, 1.807) is 16.8 Å². The first kappa shape index (κ1) is 9.38. The highest BCUT2D eigenvalue weighted by atomic mass is 127. The van der Waals surface area contributed by atoms with Crippen LogP contribution < -0.4 is 0 Å². The van der Waals surface area contributed by atoms with Gasteiger partial charge < -0.3 is 0 Å². The van der Waals surface area contributed by atoms with Gasteiger partial charge in [-0.2, -0.15) is 5.10 Å². The third kappa shape index (κ3) is 1.35. The number of hydrogen-bond donors (Lipinski definition) is 0. The molecule has 0 radical (unpaired) electrons. The largest absolute Gasteiger partial charge is 0.270 e. The van der Waals surface area contributed by atoms with Crippen LogP contribution in [0.15, 0.2) is 18.2 Å². The molecule has 1 aromatic carbocycles. The van der Waals surface area contributed by atoms with Crippen LogP contribution in [0.2, 0.25) is 0 Å². The van der Waals surface area contributed by atoms with Crippen LogP contribution in [0, 0.1) is 13.8 Å². The standard InChI is InChI=1S/C8H6IN3O2/c1-11-7-3-2-5(12(13)14)4-6(7)8(9)10-11/h2-4H,1H3. The number of fused-ring (bicyclic) bond motifs is 1. The summed E-state index contributed by atoms with van der Waals surface area (Å²) in [6.45, 7) is 0. The molecule has 2 aromatic rings. The molecule has 0 atom stereocenters. The SMILES string of the molecule is Cn1nc(I)c2cc([N+](=O)[O-])ccc21. The van der Waals surface area contributed by atoms with Gasteiger partial charge in [0.25, 0.3) is 5.69 Å². The number of nitro benzene ring substituents is 1. The number of aryl methyl sites for hydroxylation is 1. The summed E-state index contributed by atoms with van der Waals surface area (Å²) >= 11 is 2.06. The Balaban J connectivity index is 2.77. The lowest BCUT2D eigenvalue weighted by Gasteiger charge is -1.93. The molecular weight excluding hydrogens is 297 g/mol. The van der Waals surface area contributed by atoms with Crippen LogP contribution in [0.3, 0.4) is 0 Å². The molecule has 0 aliphatic heterocycles. The van der Waals surface area contributed by atoms with E-state index in [0.29, 0.717) is 0 Å². The van der Waals surface area contributed by atoms with Crippen molar-refractivity contribution >= 4 is 39.2 Å². The van der Waals surface area contributed by atoms with Crippen molar-refractivity contribution in [1.29, 1.82) is 0 Å². The summed E-state index contributed by atoms with van der Waals surface area (Å²) < 4.78 is 2.49. The van der Waals surface area contributed by atoms with Gasteiger partial charge in [0.15, 0.2) is 0 Å². The summed E-state index contributed by atoms with van der Waals surface area (Å²) in [5, 5.41) is 15.5. The van der Waals surface area contributed by atoms with E-state index in [1.165, 1.54) is 6.07 Å². The Bertz CT molecular complexity index is 521. The number of nitro groups is 1. The lowest BCUT2D eigenvalue weighted by Crippen LogP contribution is -1.90. The molecule has 0 aliphatic rings. The maximum atomic E-state index is 10.5. The predicted octanol–water partition coefficient (Wildman–Crippen LogP) is 2.09. The van der Waals surface area contributed by atoms with Gasteiger partial charge in [0.1, 0.15) is 3.70 Å². The number of halogens is 1. The van der Waals surface area contributed by atoms with Crippen molar-refractivity contribution in [3.63, 3.8) is 0 Å². The van der Waals surface area contributed by atoms with Crippen LogP contribution in [0.4, 0.5) is 5.69 Å². The monoisotopic (exact) mass is 303 g/mol. The van der Waals surface area contributed by atoms with Crippen LogP contribution in [0.5, 0.6) is 0 Å². The summed E-state index contributed by atoms with van der Waals surface area (Å²) in [5.41, 5.74) is 1.00. The van der Waals surface area contributed by atoms with E-state index in [4.69, 9.17) is 0 Å². The molecule has 14 heavy (non-hydrogen) atoms. The van der Waals surface area contributed by atoms with Gasteiger partial charge >= 0.3 is 0 Å². The van der Waals surface area contributed by atoms with Crippen LogP contribution in [0.1, 0.15) is 0 Å². The normalized spacial score (nSPS) is 10.7. The third-order valence-corrected chi connectivity index (χ3v) is 2.80. The second-order valence-corrected chi connectivity index (χ2v) is 3.89. The molecule has 6 heteroatoms. The zero-order valence-corrected chi connectivity index (χ0v) is 9.43. The van der Waals surface area contributed by atoms with E-state index in [9.17, 15) is 10.1 Å². The van der Waals surface area contributed by atoms with Crippen molar-refractivity contribution in [2.24, 2.45) is 7.05 Å². The number of rotatable bonds is 1. The van der Waals surface area contributed by atoms with Gasteiger partial charge in [0.05, 0.1) is 10.4 Å². The lowest BCUT2D eigenvalue weighted by molar-refractivity contribution is -0.384. The maximum absolute atomic E-state index is 10.5. The number of aromatic nitrogens is 2. The minimum Gasteiger partial charge on any atom is -0.267 e. The van der Waals surface area contributed by atoms with Crippen LogP contribution in [-0.4, -0.2) is 14.7 Å². The first-order chi connectivity index (χ1) is 6.59. The summed E-state index contributed by atoms with van der Waals surface area (Å²) in [4.78, 5) is 10.1. The van der Waals surface area contributed by atoms with Gasteiger partial charge in [-0.25, -0.2) is 0 Å². The summed E-state index contributed by atoms with van der Waals surface area (Å²) in [7, 11) is 1.82. The van der Waals surface area contributed by atoms with Gasteiger partial charge in [-0.15, -0.1) is 0 Å². The highest BCUT2D eigenvalue weighted by Gasteiger charge is 2.11. The molecule has 0 amide bonds. The molecule has 0 aliphatic carbocycles. The predicted molar refractivity (Wildman–Crippen MR) is 60.1 cm³/mol. The first-order valence-corrected chi connectivity index (χ1v) is 4.94. The number of non-ortho nitro benzene ring substituents is 1. The van der Waals surface area contributed by atoms with Crippen molar-refractivity contribution in [1.82, 2.24) is 9.78 Å². The molecule has 1 heterocycles. The second-order valence-electron chi connectivity index (χ2n) is 2.87. The van der Waals surface area contributed by atoms with Gasteiger partial charge in [0.2, 0.25) is 0 Å². The molecule has 5 nitrogen and oxygen atoms in total. The Morgan fingerprint density at radius 3 is 2.93 bits per heavy atom. The average Bonchev–Trinajstić information content (AvgIpc) is 2.42. The van der Waals surface area contributed by atoms with Crippen molar-refractivity contribution in [3.05, 3.63) is 32.0 Å². The lowest BCUT2D eigenvalue weighted by atomic mass is 10.2. The Morgan fingerprint density at radius 1 is 1.57 bits per heavy atom. The smallest absolute Gasteiger partial charge is 0.267 e. The molecule has 0 unspecified atom stereocenters. The highest BCUT2D eigenvalue weighted by molar-refractivity contribution is 14.1. The van der Waals surface area contributed by atoms with Gasteiger partial charge in [-0.05, 0) is 28.7 Å². The zero-order valence-electron chi connectivity index (χ0n) is 7.27. The van der Waals surface area contributed by atoms with E-state index in [-0.39, 0.29) is 5.69 Å². The van der Waals surface area contributed by atoms with E-state index < -0.39 is 4.92 Å². The van der Waals surface area contributed by atoms with Gasteiger partial charge in [-0.1, -0.05) is 0 Å². The molecular formula is C8H6IN3O2. The molecule has 0 saturated heterocycles. The summed E-state index contributed by atoms with van der Waals surface area (Å²) in [5.74, 6) is 0. The first-order valence-electron chi connectivity index (χ1n) is 3.86. The van der Waals surface area contributed by atoms with E-state index in [0.717, 1.165) is 14.6 Å². The van der Waals surface area contributed by atoms with E-state index in [1.807, 2.05) is 7.05 Å². The fraction of sp³-hybridized carbons (Fsp3) is 0.125. The summed E-state index contributed by atoms with van der Waals surface area (Å²) in [6, 6.07) is 4.74. The van der Waals surface area contributed by atoms with E-state index >= 15 is 0 Å². The van der Waals surface area contributed by atoms with Gasteiger partial charge in [-0.3, -0.25) is 14.8 Å². The van der Waals surface area contributed by atoms with Gasteiger partial charge in [0, 0.05) is 24.6 Å². The van der Waals surface area contributed by atoms with Crippen molar-refractivity contribution in [3.8, 4) is 0 Å². The third-order valence-electron chi connectivity index (χ3n) is 2.00. The molecule has 0 spiro atoms. The second kappa shape index (κ2) is 3.19. The molecule has 72 valence electrons. The number of hydrogen-bond acceptors (Lipinski definition) is 3. The minimum absolute atomic E-state index is 0.100. The molecule has 2 rings (SSSR count). The number of nitrogens with zero attached hydrogens (tertiary/aromatic N) is 3. The van der Waals surface area contributed by atoms with Crippen LogP contribution >= 0.6 is 22.6 Å². The van der Waals surface area contributed by atoms with Crippen molar-refractivity contribution in [2.75, 3.05) is 0 Å². The Labute approximate surface area is 93.0 Å². The molecule has 0 bridgehead atoms. The fourth-order valence-electron chi connectivity index (χ4n) is 1.32.